The van der Waals surface area contributed by atoms with E-state index in [4.69, 9.17) is 25.8 Å². The quantitative estimate of drug-likeness (QED) is 0.653. The number of anilines is 1. The van der Waals surface area contributed by atoms with Crippen LogP contribution in [0.4, 0.5) is 5.69 Å². The molecule has 0 spiro atoms. The zero-order chi connectivity index (χ0) is 20.1. The van der Waals surface area contributed by atoms with Crippen LogP contribution in [0.15, 0.2) is 43.0 Å². The van der Waals surface area contributed by atoms with Gasteiger partial charge in [0.15, 0.2) is 11.5 Å². The first kappa shape index (κ1) is 19.5. The van der Waals surface area contributed by atoms with Crippen molar-refractivity contribution in [2.75, 3.05) is 26.6 Å². The number of benzene rings is 2. The zero-order valence-electron chi connectivity index (χ0n) is 15.6. The summed E-state index contributed by atoms with van der Waals surface area (Å²) >= 11 is 6.29. The van der Waals surface area contributed by atoms with Crippen LogP contribution in [0.5, 0.6) is 17.2 Å². The highest BCUT2D eigenvalue weighted by Crippen LogP contribution is 2.38. The van der Waals surface area contributed by atoms with Crippen molar-refractivity contribution >= 4 is 23.2 Å². The van der Waals surface area contributed by atoms with Gasteiger partial charge in [-0.15, -0.1) is 0 Å². The number of aromatic nitrogens is 3. The first-order valence-electron chi connectivity index (χ1n) is 8.29. The summed E-state index contributed by atoms with van der Waals surface area (Å²) in [5.74, 6) is 1.20. The molecule has 0 atom stereocenters. The molecule has 0 fully saturated rings. The van der Waals surface area contributed by atoms with Crippen LogP contribution in [0.25, 0.3) is 5.69 Å². The molecular weight excluding hydrogens is 384 g/mol. The molecule has 3 aromatic rings. The summed E-state index contributed by atoms with van der Waals surface area (Å²) in [7, 11) is 4.58. The minimum Gasteiger partial charge on any atom is -0.493 e. The lowest BCUT2D eigenvalue weighted by atomic mass is 10.1. The van der Waals surface area contributed by atoms with Crippen molar-refractivity contribution in [1.82, 2.24) is 14.8 Å². The van der Waals surface area contributed by atoms with Crippen LogP contribution in [-0.2, 0) is 11.2 Å². The molecular formula is C19H19ClN4O4. The molecule has 0 bridgehead atoms. The van der Waals surface area contributed by atoms with Gasteiger partial charge in [0.05, 0.1) is 38.5 Å². The molecule has 146 valence electrons. The van der Waals surface area contributed by atoms with Gasteiger partial charge >= 0.3 is 0 Å². The van der Waals surface area contributed by atoms with Crippen LogP contribution in [0.1, 0.15) is 5.56 Å². The number of amides is 1. The van der Waals surface area contributed by atoms with E-state index in [2.05, 4.69) is 15.4 Å². The maximum Gasteiger partial charge on any atom is 0.228 e. The number of hydrogen-bond acceptors (Lipinski definition) is 6. The third-order valence-corrected chi connectivity index (χ3v) is 4.30. The van der Waals surface area contributed by atoms with Crippen molar-refractivity contribution in [3.8, 4) is 22.9 Å². The predicted molar refractivity (Wildman–Crippen MR) is 105 cm³/mol. The standard InChI is InChI=1S/C19H19ClN4O4/c1-26-15-7-12(8-16(27-2)19(15)28-3)9-17(25)23-14-6-4-5-13(20)18(14)24-11-21-10-22-24/h4-8,10-11H,9H2,1-3H3,(H,23,25). The number of hydrogen-bond donors (Lipinski definition) is 1. The Morgan fingerprint density at radius 1 is 1.14 bits per heavy atom. The summed E-state index contributed by atoms with van der Waals surface area (Å²) in [5, 5.41) is 7.39. The molecule has 0 aliphatic rings. The van der Waals surface area contributed by atoms with E-state index in [-0.39, 0.29) is 12.3 Å². The summed E-state index contributed by atoms with van der Waals surface area (Å²) < 4.78 is 17.5. The Bertz CT molecular complexity index is 951. The van der Waals surface area contributed by atoms with E-state index in [1.165, 1.54) is 38.7 Å². The fourth-order valence-corrected chi connectivity index (χ4v) is 3.05. The van der Waals surface area contributed by atoms with Crippen molar-refractivity contribution in [3.05, 3.63) is 53.6 Å². The van der Waals surface area contributed by atoms with Gasteiger partial charge in [-0.1, -0.05) is 17.7 Å². The van der Waals surface area contributed by atoms with Crippen LogP contribution in [0.2, 0.25) is 5.02 Å². The average molecular weight is 403 g/mol. The normalized spacial score (nSPS) is 10.4. The number of nitrogens with zero attached hydrogens (tertiary/aromatic N) is 3. The molecule has 3 rings (SSSR count). The second-order valence-electron chi connectivity index (χ2n) is 5.73. The number of para-hydroxylation sites is 1. The van der Waals surface area contributed by atoms with Gasteiger partial charge in [0, 0.05) is 0 Å². The number of rotatable bonds is 7. The Kier molecular flexibility index (Phi) is 6.00. The smallest absolute Gasteiger partial charge is 0.228 e. The van der Waals surface area contributed by atoms with E-state index in [9.17, 15) is 4.79 Å². The second-order valence-corrected chi connectivity index (χ2v) is 6.14. The number of ether oxygens (including phenoxy) is 3. The lowest BCUT2D eigenvalue weighted by molar-refractivity contribution is -0.115. The predicted octanol–water partition coefficient (Wildman–Crippen LogP) is 3.13. The lowest BCUT2D eigenvalue weighted by Gasteiger charge is -2.15. The van der Waals surface area contributed by atoms with Gasteiger partial charge in [-0.25, -0.2) is 9.67 Å². The topological polar surface area (TPSA) is 87.5 Å². The zero-order valence-corrected chi connectivity index (χ0v) is 16.4. The minimum absolute atomic E-state index is 0.0972. The van der Waals surface area contributed by atoms with Gasteiger partial charge in [-0.3, -0.25) is 4.79 Å². The number of halogens is 1. The third-order valence-electron chi connectivity index (χ3n) is 4.00. The van der Waals surface area contributed by atoms with Crippen molar-refractivity contribution in [2.45, 2.75) is 6.42 Å². The molecule has 8 nitrogen and oxygen atoms in total. The summed E-state index contributed by atoms with van der Waals surface area (Å²) in [6.45, 7) is 0. The highest BCUT2D eigenvalue weighted by atomic mass is 35.5. The number of carbonyl (C=O) groups excluding carboxylic acids is 1. The van der Waals surface area contributed by atoms with E-state index in [0.29, 0.717) is 39.2 Å². The number of nitrogens with one attached hydrogen (secondary N) is 1. The van der Waals surface area contributed by atoms with Gasteiger partial charge < -0.3 is 19.5 Å². The molecule has 0 radical (unpaired) electrons. The molecule has 2 aromatic carbocycles. The summed E-state index contributed by atoms with van der Waals surface area (Å²) in [5.41, 5.74) is 1.77. The maximum atomic E-state index is 12.7. The molecule has 9 heteroatoms. The summed E-state index contributed by atoms with van der Waals surface area (Å²) in [4.78, 5) is 16.6. The highest BCUT2D eigenvalue weighted by molar-refractivity contribution is 6.33. The molecule has 0 aliphatic carbocycles. The molecule has 0 saturated heterocycles. The molecule has 28 heavy (non-hydrogen) atoms. The van der Waals surface area contributed by atoms with Gasteiger partial charge in [-0.05, 0) is 29.8 Å². The average Bonchev–Trinajstić information content (AvgIpc) is 3.21. The van der Waals surface area contributed by atoms with E-state index >= 15 is 0 Å². The number of carbonyl (C=O) groups is 1. The Labute approximate surface area is 167 Å². The fourth-order valence-electron chi connectivity index (χ4n) is 2.79. The van der Waals surface area contributed by atoms with E-state index in [1.807, 2.05) is 0 Å². The third kappa shape index (κ3) is 4.01. The van der Waals surface area contributed by atoms with Crippen molar-refractivity contribution in [2.24, 2.45) is 0 Å². The summed E-state index contributed by atoms with van der Waals surface area (Å²) in [6, 6.07) is 8.68. The van der Waals surface area contributed by atoms with E-state index in [1.54, 1.807) is 30.3 Å². The molecule has 1 N–H and O–H groups in total. The Morgan fingerprint density at radius 3 is 2.43 bits per heavy atom. The van der Waals surface area contributed by atoms with Gasteiger partial charge in [-0.2, -0.15) is 5.10 Å². The Morgan fingerprint density at radius 2 is 1.86 bits per heavy atom. The summed E-state index contributed by atoms with van der Waals surface area (Å²) in [6.07, 6.45) is 3.00. The van der Waals surface area contributed by atoms with Crippen LogP contribution < -0.4 is 19.5 Å². The van der Waals surface area contributed by atoms with Crippen LogP contribution in [-0.4, -0.2) is 42.0 Å². The molecule has 1 aromatic heterocycles. The van der Waals surface area contributed by atoms with Crippen molar-refractivity contribution in [1.29, 1.82) is 0 Å². The first-order chi connectivity index (χ1) is 13.6. The SMILES string of the molecule is COc1cc(CC(=O)Nc2cccc(Cl)c2-n2cncn2)cc(OC)c1OC. The maximum absolute atomic E-state index is 12.7. The number of methoxy groups -OCH3 is 3. The van der Waals surface area contributed by atoms with Crippen LogP contribution in [0, 0.1) is 0 Å². The van der Waals surface area contributed by atoms with Crippen LogP contribution in [0.3, 0.4) is 0 Å². The van der Waals surface area contributed by atoms with E-state index < -0.39 is 0 Å². The largest absolute Gasteiger partial charge is 0.493 e. The first-order valence-corrected chi connectivity index (χ1v) is 8.67. The van der Waals surface area contributed by atoms with Crippen molar-refractivity contribution < 1.29 is 19.0 Å². The highest BCUT2D eigenvalue weighted by Gasteiger charge is 2.17. The fraction of sp³-hybridized carbons (Fsp3) is 0.211. The molecule has 0 aliphatic heterocycles. The molecule has 1 amide bonds. The minimum atomic E-state index is -0.238. The van der Waals surface area contributed by atoms with Crippen LogP contribution >= 0.6 is 11.6 Å². The van der Waals surface area contributed by atoms with Gasteiger partial charge in [0.2, 0.25) is 11.7 Å². The molecule has 0 unspecified atom stereocenters. The Balaban J connectivity index is 1.85. The van der Waals surface area contributed by atoms with Crippen molar-refractivity contribution in [3.63, 3.8) is 0 Å². The van der Waals surface area contributed by atoms with E-state index in [0.717, 1.165) is 0 Å². The molecule has 0 saturated carbocycles. The second kappa shape index (κ2) is 8.62. The van der Waals surface area contributed by atoms with Gasteiger partial charge in [0.1, 0.15) is 18.3 Å². The Hall–Kier alpha value is -3.26. The lowest BCUT2D eigenvalue weighted by Crippen LogP contribution is -2.16. The molecule has 1 heterocycles. The monoisotopic (exact) mass is 402 g/mol. The van der Waals surface area contributed by atoms with Gasteiger partial charge in [0.25, 0.3) is 0 Å².